The largest absolute Gasteiger partial charge is 0.0765 e. The molecule has 0 nitrogen and oxygen atoms in total. The molecule has 0 aromatic rings. The quantitative estimate of drug-likeness (QED) is 0.433. The lowest BCUT2D eigenvalue weighted by Crippen LogP contribution is -1.56. The molecule has 1 aliphatic heterocycles. The summed E-state index contributed by atoms with van der Waals surface area (Å²) in [5, 5.41) is 0. The Morgan fingerprint density at radius 3 is 2.50 bits per heavy atom. The van der Waals surface area contributed by atoms with Gasteiger partial charge in [-0.3, -0.25) is 0 Å². The van der Waals surface area contributed by atoms with Gasteiger partial charge in [0.25, 0.3) is 0 Å². The minimum absolute atomic E-state index is 1.27. The number of hydrogen-bond donors (Lipinski definition) is 0. The van der Waals surface area contributed by atoms with Crippen molar-refractivity contribution in [1.29, 1.82) is 0 Å². The average molecular weight is 122 g/mol. The molecule has 40 valence electrons. The SMILES string of the molecule is C1=C\C=C/P=C\C=C/1. The van der Waals surface area contributed by atoms with Crippen molar-refractivity contribution in [2.75, 3.05) is 0 Å². The van der Waals surface area contributed by atoms with E-state index in [1.165, 1.54) is 8.20 Å². The molecule has 0 unspecified atom stereocenters. The molecule has 0 saturated heterocycles. The zero-order valence-electron chi connectivity index (χ0n) is 4.49. The summed E-state index contributed by atoms with van der Waals surface area (Å²) in [7, 11) is 1.27. The van der Waals surface area contributed by atoms with Crippen molar-refractivity contribution >= 4 is 14.0 Å². The Kier molecular flexibility index (Phi) is 2.35. The van der Waals surface area contributed by atoms with E-state index < -0.39 is 0 Å². The van der Waals surface area contributed by atoms with E-state index >= 15 is 0 Å². The average Bonchev–Trinajstić information content (AvgIpc) is 1.62. The van der Waals surface area contributed by atoms with Gasteiger partial charge in [-0.1, -0.05) is 38.6 Å². The van der Waals surface area contributed by atoms with Gasteiger partial charge in [0.15, 0.2) is 0 Å². The van der Waals surface area contributed by atoms with Crippen LogP contribution in [0.4, 0.5) is 0 Å². The van der Waals surface area contributed by atoms with E-state index in [9.17, 15) is 0 Å². The van der Waals surface area contributed by atoms with Gasteiger partial charge < -0.3 is 0 Å². The van der Waals surface area contributed by atoms with Crippen molar-refractivity contribution in [2.45, 2.75) is 0 Å². The van der Waals surface area contributed by atoms with Crippen LogP contribution in [0.1, 0.15) is 0 Å². The fourth-order valence-corrected chi connectivity index (χ4v) is 0.938. The van der Waals surface area contributed by atoms with Crippen molar-refractivity contribution in [3.05, 3.63) is 36.2 Å². The third-order valence-electron chi connectivity index (χ3n) is 0.789. The summed E-state index contributed by atoms with van der Waals surface area (Å²) in [4.78, 5) is 0. The highest BCUT2D eigenvalue weighted by Gasteiger charge is 1.66. The maximum atomic E-state index is 2.10. The number of allylic oxidation sites excluding steroid dienone is 5. The fourth-order valence-electron chi connectivity index (χ4n) is 0.441. The molecule has 0 aromatic heterocycles. The van der Waals surface area contributed by atoms with Crippen LogP contribution in [0.15, 0.2) is 36.2 Å². The van der Waals surface area contributed by atoms with E-state index in [0.29, 0.717) is 0 Å². The third kappa shape index (κ3) is 1.90. The summed E-state index contributed by atoms with van der Waals surface area (Å²) in [5.41, 5.74) is 0. The van der Waals surface area contributed by atoms with Crippen molar-refractivity contribution < 1.29 is 0 Å². The molecule has 1 aliphatic rings. The molecule has 0 aliphatic carbocycles. The van der Waals surface area contributed by atoms with E-state index in [0.717, 1.165) is 0 Å². The highest BCUT2D eigenvalue weighted by atomic mass is 31.1. The van der Waals surface area contributed by atoms with Gasteiger partial charge in [-0.25, -0.2) is 0 Å². The lowest BCUT2D eigenvalue weighted by atomic mass is 10.4. The summed E-state index contributed by atoms with van der Waals surface area (Å²) >= 11 is 0. The lowest BCUT2D eigenvalue weighted by molar-refractivity contribution is 1.95. The molecule has 0 bridgehead atoms. The van der Waals surface area contributed by atoms with Crippen molar-refractivity contribution in [2.24, 2.45) is 0 Å². The first-order valence-corrected chi connectivity index (χ1v) is 3.55. The minimum Gasteiger partial charge on any atom is -0.0765 e. The van der Waals surface area contributed by atoms with E-state index in [1.54, 1.807) is 0 Å². The Balaban J connectivity index is 2.67. The number of rotatable bonds is 0. The predicted molar refractivity (Wildman–Crippen MR) is 40.4 cm³/mol. The zero-order valence-corrected chi connectivity index (χ0v) is 5.38. The lowest BCUT2D eigenvalue weighted by Gasteiger charge is -1.76. The molecule has 0 amide bonds. The van der Waals surface area contributed by atoms with E-state index in [4.69, 9.17) is 0 Å². The molecular weight excluding hydrogens is 115 g/mol. The number of hydrogen-bond acceptors (Lipinski definition) is 0. The molecule has 0 radical (unpaired) electrons. The molecule has 0 saturated carbocycles. The molecule has 0 aromatic carbocycles. The van der Waals surface area contributed by atoms with Gasteiger partial charge in [0.2, 0.25) is 0 Å². The van der Waals surface area contributed by atoms with Crippen molar-refractivity contribution in [1.82, 2.24) is 0 Å². The van der Waals surface area contributed by atoms with Gasteiger partial charge in [-0.2, -0.15) is 0 Å². The third-order valence-corrected chi connectivity index (χ3v) is 1.48. The molecule has 0 fully saturated rings. The normalized spacial score (nSPS) is 32.0. The second kappa shape index (κ2) is 3.40. The van der Waals surface area contributed by atoms with Crippen LogP contribution in [0.5, 0.6) is 0 Å². The van der Waals surface area contributed by atoms with Crippen LogP contribution < -0.4 is 0 Å². The van der Waals surface area contributed by atoms with Crippen LogP contribution in [0, 0.1) is 0 Å². The second-order valence-corrected chi connectivity index (χ2v) is 2.30. The Bertz CT molecular complexity index is 105. The van der Waals surface area contributed by atoms with Gasteiger partial charge in [-0.05, 0) is 11.6 Å². The Morgan fingerprint density at radius 1 is 0.750 bits per heavy atom. The van der Waals surface area contributed by atoms with Crippen molar-refractivity contribution in [3.8, 4) is 0 Å². The molecule has 1 heterocycles. The molecule has 1 rings (SSSR count). The van der Waals surface area contributed by atoms with Crippen LogP contribution >= 0.6 is 8.20 Å². The molecule has 1 heteroatoms. The molecule has 0 atom stereocenters. The summed E-state index contributed by atoms with van der Waals surface area (Å²) in [6, 6.07) is 0. The Morgan fingerprint density at radius 2 is 1.50 bits per heavy atom. The van der Waals surface area contributed by atoms with Gasteiger partial charge in [0, 0.05) is 0 Å². The molecule has 0 N–H and O–H groups in total. The maximum Gasteiger partial charge on any atom is -0.0347 e. The van der Waals surface area contributed by atoms with E-state index in [2.05, 4.69) is 11.6 Å². The first-order valence-electron chi connectivity index (χ1n) is 2.52. The summed E-state index contributed by atoms with van der Waals surface area (Å²) < 4.78 is 0. The standard InChI is InChI=1S/C7H7P/c1-2-4-6-8-7-5-3-1/h1-7H/b2-1-,3-1?,4-2?,5-3-,6-4-,7-5?. The molecule has 8 heavy (non-hydrogen) atoms. The molecule has 0 spiro atoms. The topological polar surface area (TPSA) is 0 Å². The highest BCUT2D eigenvalue weighted by Crippen LogP contribution is 1.98. The maximum absolute atomic E-state index is 2.10. The summed E-state index contributed by atoms with van der Waals surface area (Å²) in [6.07, 6.45) is 10.2. The van der Waals surface area contributed by atoms with Gasteiger partial charge in [0.1, 0.15) is 0 Å². The van der Waals surface area contributed by atoms with Crippen LogP contribution in [0.2, 0.25) is 0 Å². The second-order valence-electron chi connectivity index (χ2n) is 1.41. The van der Waals surface area contributed by atoms with Crippen LogP contribution in [0.25, 0.3) is 0 Å². The van der Waals surface area contributed by atoms with E-state index in [1.807, 2.05) is 30.4 Å². The zero-order chi connectivity index (χ0) is 5.66. The summed E-state index contributed by atoms with van der Waals surface area (Å²) in [5.74, 6) is 4.19. The first kappa shape index (κ1) is 5.53. The van der Waals surface area contributed by atoms with E-state index in [-0.39, 0.29) is 0 Å². The highest BCUT2D eigenvalue weighted by molar-refractivity contribution is 7.42. The Hall–Kier alpha value is -0.610. The predicted octanol–water partition coefficient (Wildman–Crippen LogP) is 2.37. The van der Waals surface area contributed by atoms with Gasteiger partial charge in [0.05, 0.1) is 0 Å². The van der Waals surface area contributed by atoms with Crippen LogP contribution in [-0.4, -0.2) is 5.80 Å². The smallest absolute Gasteiger partial charge is 0.0347 e. The van der Waals surface area contributed by atoms with Crippen LogP contribution in [-0.2, 0) is 0 Å². The first-order chi connectivity index (χ1) is 4.00. The fraction of sp³-hybridized carbons (Fsp3) is 0. The van der Waals surface area contributed by atoms with Crippen LogP contribution in [0.3, 0.4) is 0 Å². The summed E-state index contributed by atoms with van der Waals surface area (Å²) in [6.45, 7) is 0. The van der Waals surface area contributed by atoms with Crippen molar-refractivity contribution in [3.63, 3.8) is 0 Å². The monoisotopic (exact) mass is 122 g/mol. The van der Waals surface area contributed by atoms with Gasteiger partial charge >= 0.3 is 0 Å². The minimum atomic E-state index is 1.27. The molecular formula is C7H7P. The van der Waals surface area contributed by atoms with Gasteiger partial charge in [-0.15, -0.1) is 0 Å². The Labute approximate surface area is 51.0 Å².